The van der Waals surface area contributed by atoms with Gasteiger partial charge in [-0.2, -0.15) is 0 Å². The molecule has 0 bridgehead atoms. The van der Waals surface area contributed by atoms with Crippen molar-refractivity contribution in [2.24, 2.45) is 11.7 Å². The van der Waals surface area contributed by atoms with E-state index in [2.05, 4.69) is 5.32 Å². The minimum atomic E-state index is -0.119. The van der Waals surface area contributed by atoms with Crippen molar-refractivity contribution < 1.29 is 4.79 Å². The predicted molar refractivity (Wildman–Crippen MR) is 53.3 cm³/mol. The fourth-order valence-electron chi connectivity index (χ4n) is 1.49. The summed E-state index contributed by atoms with van der Waals surface area (Å²) >= 11 is 0. The molecule has 0 aromatic heterocycles. The van der Waals surface area contributed by atoms with Crippen molar-refractivity contribution in [2.45, 2.75) is 38.5 Å². The Bertz CT molecular complexity index is 139. The highest BCUT2D eigenvalue weighted by Gasteiger charge is 2.21. The average molecular weight is 184 g/mol. The summed E-state index contributed by atoms with van der Waals surface area (Å²) in [6, 6.07) is 0. The molecule has 1 amide bonds. The number of nitrogens with two attached hydrogens (primary N) is 1. The molecule has 0 unspecified atom stereocenters. The van der Waals surface area contributed by atoms with E-state index in [-0.39, 0.29) is 11.8 Å². The summed E-state index contributed by atoms with van der Waals surface area (Å²) < 4.78 is 0. The first-order chi connectivity index (χ1) is 6.30. The van der Waals surface area contributed by atoms with Crippen LogP contribution >= 0.6 is 0 Å². The highest BCUT2D eigenvalue weighted by Crippen LogP contribution is 2.25. The van der Waals surface area contributed by atoms with Gasteiger partial charge in [0.2, 0.25) is 5.91 Å². The van der Waals surface area contributed by atoms with Crippen LogP contribution in [0.3, 0.4) is 0 Å². The molecule has 2 rings (SSSR count). The lowest BCUT2D eigenvalue weighted by molar-refractivity contribution is -0.124. The summed E-state index contributed by atoms with van der Waals surface area (Å²) in [5.41, 5.74) is 4.96. The maximum Gasteiger partial charge on any atom is 0.220 e. The standard InChI is InChI=1S/C5H9NO.C5H11N/c6-5(7)4-2-1-3-4;1-2-4-6-5-3-1/h4H,1-3H2,(H2,6,7);6H,1-5H2. The molecule has 1 saturated heterocycles. The van der Waals surface area contributed by atoms with E-state index in [0.717, 1.165) is 12.8 Å². The lowest BCUT2D eigenvalue weighted by Gasteiger charge is -2.20. The van der Waals surface area contributed by atoms with Crippen LogP contribution in [0.15, 0.2) is 0 Å². The number of carbonyl (C=O) groups is 1. The van der Waals surface area contributed by atoms with Crippen molar-refractivity contribution in [1.82, 2.24) is 5.32 Å². The lowest BCUT2D eigenvalue weighted by atomic mass is 9.85. The van der Waals surface area contributed by atoms with Gasteiger partial charge in [-0.3, -0.25) is 4.79 Å². The third-order valence-corrected chi connectivity index (χ3v) is 2.71. The van der Waals surface area contributed by atoms with Gasteiger partial charge in [0.1, 0.15) is 0 Å². The molecule has 1 heterocycles. The quantitative estimate of drug-likeness (QED) is 0.639. The van der Waals surface area contributed by atoms with Crippen molar-refractivity contribution in [3.05, 3.63) is 0 Å². The Labute approximate surface area is 80.1 Å². The summed E-state index contributed by atoms with van der Waals surface area (Å²) in [5, 5.41) is 3.28. The molecule has 1 saturated carbocycles. The first kappa shape index (κ1) is 10.5. The number of rotatable bonds is 1. The Morgan fingerprint density at radius 2 is 1.69 bits per heavy atom. The van der Waals surface area contributed by atoms with E-state index in [1.54, 1.807) is 0 Å². The molecule has 76 valence electrons. The summed E-state index contributed by atoms with van der Waals surface area (Å²) in [6.45, 7) is 2.50. The van der Waals surface area contributed by atoms with Crippen LogP contribution in [0.1, 0.15) is 38.5 Å². The molecule has 2 aliphatic rings. The number of nitrogens with one attached hydrogen (secondary N) is 1. The SMILES string of the molecule is C1CCNCC1.NC(=O)C1CCC1. The predicted octanol–water partition coefficient (Wildman–Crippen LogP) is 1.03. The van der Waals surface area contributed by atoms with Crippen LogP contribution in [0.5, 0.6) is 0 Å². The Kier molecular flexibility index (Phi) is 4.83. The van der Waals surface area contributed by atoms with Gasteiger partial charge in [-0.05, 0) is 38.8 Å². The van der Waals surface area contributed by atoms with Crippen LogP contribution in [-0.2, 0) is 4.79 Å². The fourth-order valence-corrected chi connectivity index (χ4v) is 1.49. The first-order valence-electron chi connectivity index (χ1n) is 5.31. The van der Waals surface area contributed by atoms with Crippen molar-refractivity contribution in [2.75, 3.05) is 13.1 Å². The zero-order valence-electron chi connectivity index (χ0n) is 8.22. The van der Waals surface area contributed by atoms with Gasteiger partial charge < -0.3 is 11.1 Å². The Morgan fingerprint density at radius 1 is 1.08 bits per heavy atom. The van der Waals surface area contributed by atoms with Gasteiger partial charge in [-0.25, -0.2) is 0 Å². The van der Waals surface area contributed by atoms with Crippen molar-refractivity contribution >= 4 is 5.91 Å². The molecule has 3 N–H and O–H groups in total. The van der Waals surface area contributed by atoms with Gasteiger partial charge >= 0.3 is 0 Å². The number of hydrogen-bond donors (Lipinski definition) is 2. The van der Waals surface area contributed by atoms with Gasteiger partial charge in [0.05, 0.1) is 0 Å². The van der Waals surface area contributed by atoms with Gasteiger partial charge in [0.25, 0.3) is 0 Å². The van der Waals surface area contributed by atoms with Crippen LogP contribution in [-0.4, -0.2) is 19.0 Å². The number of amides is 1. The van der Waals surface area contributed by atoms with Crippen molar-refractivity contribution in [3.8, 4) is 0 Å². The number of primary amides is 1. The van der Waals surface area contributed by atoms with E-state index >= 15 is 0 Å². The summed E-state index contributed by atoms with van der Waals surface area (Å²) in [4.78, 5) is 10.2. The number of carbonyl (C=O) groups excluding carboxylic acids is 1. The van der Waals surface area contributed by atoms with E-state index < -0.39 is 0 Å². The Morgan fingerprint density at radius 3 is 1.77 bits per heavy atom. The fraction of sp³-hybridized carbons (Fsp3) is 0.900. The second-order valence-electron chi connectivity index (χ2n) is 3.84. The molecule has 1 aliphatic carbocycles. The smallest absolute Gasteiger partial charge is 0.220 e. The summed E-state index contributed by atoms with van der Waals surface area (Å²) in [6.07, 6.45) is 7.45. The Balaban J connectivity index is 0.000000132. The molecule has 3 nitrogen and oxygen atoms in total. The van der Waals surface area contributed by atoms with E-state index in [4.69, 9.17) is 5.73 Å². The minimum absolute atomic E-state index is 0.119. The molecule has 13 heavy (non-hydrogen) atoms. The first-order valence-corrected chi connectivity index (χ1v) is 5.31. The normalized spacial score (nSPS) is 22.5. The number of piperidine rings is 1. The highest BCUT2D eigenvalue weighted by molar-refractivity contribution is 5.77. The van der Waals surface area contributed by atoms with Crippen molar-refractivity contribution in [1.29, 1.82) is 0 Å². The molecule has 1 aliphatic heterocycles. The third-order valence-electron chi connectivity index (χ3n) is 2.71. The van der Waals surface area contributed by atoms with E-state index in [1.807, 2.05) is 0 Å². The van der Waals surface area contributed by atoms with Crippen LogP contribution in [0.25, 0.3) is 0 Å². The van der Waals surface area contributed by atoms with Crippen LogP contribution in [0.4, 0.5) is 0 Å². The molecule has 3 heteroatoms. The van der Waals surface area contributed by atoms with Crippen LogP contribution in [0.2, 0.25) is 0 Å². The molecule has 0 spiro atoms. The number of hydrogen-bond acceptors (Lipinski definition) is 2. The van der Waals surface area contributed by atoms with E-state index in [1.165, 1.54) is 38.8 Å². The molecular formula is C10H20N2O. The van der Waals surface area contributed by atoms with Crippen LogP contribution < -0.4 is 11.1 Å². The van der Waals surface area contributed by atoms with Gasteiger partial charge in [0.15, 0.2) is 0 Å². The zero-order valence-corrected chi connectivity index (χ0v) is 8.22. The molecule has 0 atom stereocenters. The monoisotopic (exact) mass is 184 g/mol. The Hall–Kier alpha value is -0.570. The van der Waals surface area contributed by atoms with Gasteiger partial charge in [0, 0.05) is 5.92 Å². The molecule has 0 aromatic carbocycles. The summed E-state index contributed by atoms with van der Waals surface area (Å²) in [7, 11) is 0. The van der Waals surface area contributed by atoms with Crippen LogP contribution in [0, 0.1) is 5.92 Å². The zero-order chi connectivity index (χ0) is 9.52. The molecule has 0 aromatic rings. The van der Waals surface area contributed by atoms with E-state index in [9.17, 15) is 4.79 Å². The molecular weight excluding hydrogens is 164 g/mol. The van der Waals surface area contributed by atoms with Crippen molar-refractivity contribution in [3.63, 3.8) is 0 Å². The largest absolute Gasteiger partial charge is 0.369 e. The second-order valence-corrected chi connectivity index (χ2v) is 3.84. The van der Waals surface area contributed by atoms with Gasteiger partial charge in [-0.15, -0.1) is 0 Å². The third kappa shape index (κ3) is 4.27. The lowest BCUT2D eigenvalue weighted by Crippen LogP contribution is -2.28. The molecule has 0 radical (unpaired) electrons. The molecule has 2 fully saturated rings. The minimum Gasteiger partial charge on any atom is -0.369 e. The average Bonchev–Trinajstić information content (AvgIpc) is 2.04. The second kappa shape index (κ2) is 5.97. The summed E-state index contributed by atoms with van der Waals surface area (Å²) in [5.74, 6) is 0.103. The topological polar surface area (TPSA) is 55.1 Å². The maximum atomic E-state index is 10.2. The maximum absolute atomic E-state index is 10.2. The highest BCUT2D eigenvalue weighted by atomic mass is 16.1. The van der Waals surface area contributed by atoms with E-state index in [0.29, 0.717) is 0 Å². The van der Waals surface area contributed by atoms with Gasteiger partial charge in [-0.1, -0.05) is 12.8 Å².